The second-order valence-electron chi connectivity index (χ2n) is 5.50. The first-order valence-electron chi connectivity index (χ1n) is 6.69. The smallest absolute Gasteiger partial charge is 0.0157 e. The van der Waals surface area contributed by atoms with Gasteiger partial charge >= 0.3 is 0 Å². The summed E-state index contributed by atoms with van der Waals surface area (Å²) in [5.41, 5.74) is 7.69. The highest BCUT2D eigenvalue weighted by Crippen LogP contribution is 2.34. The zero-order chi connectivity index (χ0) is 12.1. The average molecular weight is 229 g/mol. The summed E-state index contributed by atoms with van der Waals surface area (Å²) in [7, 11) is 0. The van der Waals surface area contributed by atoms with Crippen LogP contribution in [0.2, 0.25) is 0 Å². The molecule has 92 valence electrons. The third-order valence-corrected chi connectivity index (χ3v) is 3.98. The quantitative estimate of drug-likeness (QED) is 0.833. The summed E-state index contributed by atoms with van der Waals surface area (Å²) in [6.07, 6.45) is 10.7. The SMILES string of the molecule is C[C@]1(N)CCCC[C@H]1CC=Cc1ccccc1. The highest BCUT2D eigenvalue weighted by atomic mass is 14.7. The standard InChI is InChI=1S/C16H23N/c1-16(17)13-6-5-11-15(16)12-7-10-14-8-3-2-4-9-14/h2-4,7-10,15H,5-6,11-13,17H2,1H3/t15-,16-/m0/s1. The van der Waals surface area contributed by atoms with Gasteiger partial charge in [0.1, 0.15) is 0 Å². The summed E-state index contributed by atoms with van der Waals surface area (Å²) >= 11 is 0. The van der Waals surface area contributed by atoms with Crippen molar-refractivity contribution in [3.8, 4) is 0 Å². The van der Waals surface area contributed by atoms with Crippen LogP contribution < -0.4 is 5.73 Å². The van der Waals surface area contributed by atoms with E-state index < -0.39 is 0 Å². The van der Waals surface area contributed by atoms with Crippen molar-refractivity contribution in [3.05, 3.63) is 42.0 Å². The molecule has 2 atom stereocenters. The fraction of sp³-hybridized carbons (Fsp3) is 0.500. The summed E-state index contributed by atoms with van der Waals surface area (Å²) < 4.78 is 0. The maximum atomic E-state index is 6.37. The Labute approximate surface area is 105 Å². The fourth-order valence-corrected chi connectivity index (χ4v) is 2.75. The van der Waals surface area contributed by atoms with E-state index in [1.165, 1.54) is 31.2 Å². The first-order chi connectivity index (χ1) is 8.18. The summed E-state index contributed by atoms with van der Waals surface area (Å²) in [6.45, 7) is 2.22. The molecule has 1 nitrogen and oxygen atoms in total. The molecule has 2 N–H and O–H groups in total. The van der Waals surface area contributed by atoms with Crippen molar-refractivity contribution in [1.29, 1.82) is 0 Å². The van der Waals surface area contributed by atoms with Gasteiger partial charge in [0.2, 0.25) is 0 Å². The molecule has 0 saturated heterocycles. The predicted octanol–water partition coefficient (Wildman–Crippen LogP) is 4.00. The van der Waals surface area contributed by atoms with Crippen molar-refractivity contribution in [1.82, 2.24) is 0 Å². The van der Waals surface area contributed by atoms with Crippen molar-refractivity contribution in [2.75, 3.05) is 0 Å². The zero-order valence-corrected chi connectivity index (χ0v) is 10.7. The summed E-state index contributed by atoms with van der Waals surface area (Å²) in [4.78, 5) is 0. The van der Waals surface area contributed by atoms with Gasteiger partial charge in [-0.2, -0.15) is 0 Å². The minimum Gasteiger partial charge on any atom is -0.325 e. The van der Waals surface area contributed by atoms with E-state index in [1.807, 2.05) is 0 Å². The van der Waals surface area contributed by atoms with Crippen LogP contribution in [0, 0.1) is 5.92 Å². The van der Waals surface area contributed by atoms with Crippen molar-refractivity contribution in [3.63, 3.8) is 0 Å². The molecule has 1 aromatic rings. The summed E-state index contributed by atoms with van der Waals surface area (Å²) in [5, 5.41) is 0. The van der Waals surface area contributed by atoms with Crippen LogP contribution in [-0.4, -0.2) is 5.54 Å². The molecule has 0 amide bonds. The van der Waals surface area contributed by atoms with E-state index in [0.29, 0.717) is 5.92 Å². The van der Waals surface area contributed by atoms with Crippen molar-refractivity contribution in [2.24, 2.45) is 11.7 Å². The van der Waals surface area contributed by atoms with Crippen molar-refractivity contribution >= 4 is 6.08 Å². The molecule has 17 heavy (non-hydrogen) atoms. The molecule has 1 saturated carbocycles. The van der Waals surface area contributed by atoms with Gasteiger partial charge in [-0.1, -0.05) is 55.3 Å². The van der Waals surface area contributed by atoms with Gasteiger partial charge in [0.15, 0.2) is 0 Å². The van der Waals surface area contributed by atoms with E-state index >= 15 is 0 Å². The number of hydrogen-bond acceptors (Lipinski definition) is 1. The molecule has 1 fully saturated rings. The summed E-state index contributed by atoms with van der Waals surface area (Å²) in [5.74, 6) is 0.649. The normalized spacial score (nSPS) is 29.6. The van der Waals surface area contributed by atoms with Crippen LogP contribution in [0.4, 0.5) is 0 Å². The van der Waals surface area contributed by atoms with Gasteiger partial charge in [-0.15, -0.1) is 0 Å². The molecule has 0 aliphatic heterocycles. The van der Waals surface area contributed by atoms with Crippen LogP contribution in [-0.2, 0) is 0 Å². The number of nitrogens with two attached hydrogens (primary N) is 1. The molecular weight excluding hydrogens is 206 g/mol. The number of allylic oxidation sites excluding steroid dienone is 1. The molecule has 0 bridgehead atoms. The molecule has 0 spiro atoms. The molecule has 1 aromatic carbocycles. The van der Waals surface area contributed by atoms with Crippen LogP contribution in [0.5, 0.6) is 0 Å². The van der Waals surface area contributed by atoms with Crippen LogP contribution in [0.1, 0.15) is 44.6 Å². The Balaban J connectivity index is 1.91. The monoisotopic (exact) mass is 229 g/mol. The molecular formula is C16H23N. The minimum absolute atomic E-state index is 0.0410. The highest BCUT2D eigenvalue weighted by molar-refractivity contribution is 5.48. The van der Waals surface area contributed by atoms with E-state index in [2.05, 4.69) is 49.4 Å². The molecule has 0 heterocycles. The van der Waals surface area contributed by atoms with Gasteiger partial charge in [0.25, 0.3) is 0 Å². The van der Waals surface area contributed by atoms with E-state index in [9.17, 15) is 0 Å². The number of rotatable bonds is 3. The predicted molar refractivity (Wildman–Crippen MR) is 74.6 cm³/mol. The highest BCUT2D eigenvalue weighted by Gasteiger charge is 2.31. The average Bonchev–Trinajstić information content (AvgIpc) is 2.32. The molecule has 0 aromatic heterocycles. The lowest BCUT2D eigenvalue weighted by molar-refractivity contribution is 0.210. The third-order valence-electron chi connectivity index (χ3n) is 3.98. The minimum atomic E-state index is 0.0410. The Bertz CT molecular complexity index is 364. The summed E-state index contributed by atoms with van der Waals surface area (Å²) in [6, 6.07) is 10.5. The van der Waals surface area contributed by atoms with Crippen molar-refractivity contribution in [2.45, 2.75) is 44.6 Å². The lowest BCUT2D eigenvalue weighted by Crippen LogP contribution is -2.46. The fourth-order valence-electron chi connectivity index (χ4n) is 2.75. The van der Waals surface area contributed by atoms with Crippen LogP contribution >= 0.6 is 0 Å². The second kappa shape index (κ2) is 5.50. The first-order valence-corrected chi connectivity index (χ1v) is 6.69. The Morgan fingerprint density at radius 1 is 1.29 bits per heavy atom. The zero-order valence-electron chi connectivity index (χ0n) is 10.7. The van der Waals surface area contributed by atoms with Crippen LogP contribution in [0.25, 0.3) is 6.08 Å². The Kier molecular flexibility index (Phi) is 4.01. The van der Waals surface area contributed by atoms with Gasteiger partial charge in [-0.25, -0.2) is 0 Å². The van der Waals surface area contributed by atoms with Gasteiger partial charge in [0.05, 0.1) is 0 Å². The number of benzene rings is 1. The Morgan fingerprint density at radius 3 is 2.76 bits per heavy atom. The second-order valence-corrected chi connectivity index (χ2v) is 5.50. The molecule has 1 aliphatic carbocycles. The van der Waals surface area contributed by atoms with E-state index in [4.69, 9.17) is 5.73 Å². The van der Waals surface area contributed by atoms with E-state index in [1.54, 1.807) is 0 Å². The van der Waals surface area contributed by atoms with Gasteiger partial charge in [0, 0.05) is 5.54 Å². The maximum Gasteiger partial charge on any atom is 0.0157 e. The van der Waals surface area contributed by atoms with Crippen LogP contribution in [0.3, 0.4) is 0 Å². The first kappa shape index (κ1) is 12.4. The molecule has 1 aliphatic rings. The van der Waals surface area contributed by atoms with Gasteiger partial charge in [-0.3, -0.25) is 0 Å². The largest absolute Gasteiger partial charge is 0.325 e. The van der Waals surface area contributed by atoms with E-state index in [0.717, 1.165) is 6.42 Å². The Hall–Kier alpha value is -1.08. The Morgan fingerprint density at radius 2 is 2.06 bits per heavy atom. The van der Waals surface area contributed by atoms with Gasteiger partial charge in [-0.05, 0) is 37.7 Å². The van der Waals surface area contributed by atoms with Gasteiger partial charge < -0.3 is 5.73 Å². The van der Waals surface area contributed by atoms with Crippen LogP contribution in [0.15, 0.2) is 36.4 Å². The third kappa shape index (κ3) is 3.44. The molecule has 0 radical (unpaired) electrons. The van der Waals surface area contributed by atoms with E-state index in [-0.39, 0.29) is 5.54 Å². The lowest BCUT2D eigenvalue weighted by Gasteiger charge is -2.38. The maximum absolute atomic E-state index is 6.37. The molecule has 0 unspecified atom stereocenters. The molecule has 2 rings (SSSR count). The number of hydrogen-bond donors (Lipinski definition) is 1. The van der Waals surface area contributed by atoms with Crippen molar-refractivity contribution < 1.29 is 0 Å². The molecule has 1 heteroatoms. The lowest BCUT2D eigenvalue weighted by atomic mass is 9.73. The topological polar surface area (TPSA) is 26.0 Å².